The lowest BCUT2D eigenvalue weighted by Crippen LogP contribution is -2.47. The van der Waals surface area contributed by atoms with E-state index < -0.39 is 0 Å². The summed E-state index contributed by atoms with van der Waals surface area (Å²) in [7, 11) is 0. The lowest BCUT2D eigenvalue weighted by atomic mass is 10.0. The molecule has 0 unspecified atom stereocenters. The van der Waals surface area contributed by atoms with E-state index in [9.17, 15) is 9.59 Å². The molecule has 1 fully saturated rings. The number of carbonyl (C=O) groups is 2. The second-order valence-corrected chi connectivity index (χ2v) is 6.62. The topological polar surface area (TPSA) is 74.6 Å². The van der Waals surface area contributed by atoms with Gasteiger partial charge < -0.3 is 20.0 Å². The summed E-state index contributed by atoms with van der Waals surface area (Å²) in [6.07, 6.45) is 4.31. The largest absolute Gasteiger partial charge is 0.472 e. The van der Waals surface area contributed by atoms with Crippen molar-refractivity contribution in [2.75, 3.05) is 18.4 Å². The minimum Gasteiger partial charge on any atom is -0.472 e. The molecule has 0 saturated carbocycles. The number of halogens is 2. The third kappa shape index (κ3) is 4.46. The number of hydrogen-bond acceptors (Lipinski definition) is 3. The molecule has 6 nitrogen and oxygen atoms in total. The third-order valence-corrected chi connectivity index (χ3v) is 4.80. The van der Waals surface area contributed by atoms with Crippen LogP contribution in [0.4, 0.5) is 10.5 Å². The van der Waals surface area contributed by atoms with Crippen molar-refractivity contribution < 1.29 is 14.0 Å². The quantitative estimate of drug-likeness (QED) is 0.842. The van der Waals surface area contributed by atoms with E-state index in [1.54, 1.807) is 29.2 Å². The predicted octanol–water partition coefficient (Wildman–Crippen LogP) is 4.01. The highest BCUT2D eigenvalue weighted by Gasteiger charge is 2.25. The van der Waals surface area contributed by atoms with Crippen molar-refractivity contribution in [2.24, 2.45) is 0 Å². The maximum absolute atomic E-state index is 12.2. The molecule has 2 heterocycles. The summed E-state index contributed by atoms with van der Waals surface area (Å²) < 4.78 is 4.94. The second kappa shape index (κ2) is 7.80. The van der Waals surface area contributed by atoms with E-state index in [0.717, 1.165) is 0 Å². The van der Waals surface area contributed by atoms with Gasteiger partial charge in [0.05, 0.1) is 21.9 Å². The first-order valence-corrected chi connectivity index (χ1v) is 8.62. The number of urea groups is 1. The van der Waals surface area contributed by atoms with E-state index in [0.29, 0.717) is 47.2 Å². The van der Waals surface area contributed by atoms with Crippen LogP contribution >= 0.6 is 23.2 Å². The Morgan fingerprint density at radius 1 is 1.12 bits per heavy atom. The van der Waals surface area contributed by atoms with Gasteiger partial charge in [-0.1, -0.05) is 23.2 Å². The first kappa shape index (κ1) is 17.6. The molecular formula is C17H17Cl2N3O3. The fraction of sp³-hybridized carbons (Fsp3) is 0.294. The Hall–Kier alpha value is -2.18. The second-order valence-electron chi connectivity index (χ2n) is 5.81. The molecule has 0 radical (unpaired) electrons. The van der Waals surface area contributed by atoms with Gasteiger partial charge in [-0.2, -0.15) is 0 Å². The Labute approximate surface area is 155 Å². The maximum atomic E-state index is 12.2. The summed E-state index contributed by atoms with van der Waals surface area (Å²) in [5.41, 5.74) is 1.11. The highest BCUT2D eigenvalue weighted by molar-refractivity contribution is 6.42. The van der Waals surface area contributed by atoms with E-state index in [1.807, 2.05) is 0 Å². The van der Waals surface area contributed by atoms with E-state index in [4.69, 9.17) is 27.6 Å². The number of hydrogen-bond donors (Lipinski definition) is 2. The van der Waals surface area contributed by atoms with Gasteiger partial charge in [-0.15, -0.1) is 0 Å². The average Bonchev–Trinajstić information content (AvgIpc) is 3.13. The highest BCUT2D eigenvalue weighted by Crippen LogP contribution is 2.25. The summed E-state index contributed by atoms with van der Waals surface area (Å²) in [5, 5.41) is 6.45. The Bertz CT molecular complexity index is 757. The number of carbonyl (C=O) groups excluding carboxylic acids is 2. The van der Waals surface area contributed by atoms with Crippen LogP contribution in [0.15, 0.2) is 41.2 Å². The molecule has 1 aliphatic heterocycles. The van der Waals surface area contributed by atoms with Gasteiger partial charge in [-0.25, -0.2) is 4.79 Å². The minimum absolute atomic E-state index is 0.0103. The number of likely N-dealkylation sites (tertiary alicyclic amines) is 1. The zero-order valence-electron chi connectivity index (χ0n) is 13.3. The lowest BCUT2D eigenvalue weighted by molar-refractivity contribution is 0.0708. The molecule has 1 aromatic heterocycles. The first-order valence-electron chi connectivity index (χ1n) is 7.87. The molecule has 3 amide bonds. The Kier molecular flexibility index (Phi) is 5.50. The summed E-state index contributed by atoms with van der Waals surface area (Å²) in [6.45, 7) is 1.17. The standard InChI is InChI=1S/C17H17Cl2N3O3/c18-14-2-1-13(9-15(14)19)21-17(24)20-12-3-6-22(7-4-12)16(23)11-5-8-25-10-11/h1-2,5,8-10,12H,3-4,6-7H2,(H2,20,21,24). The number of piperidine rings is 1. The number of furan rings is 1. The summed E-state index contributed by atoms with van der Waals surface area (Å²) in [6, 6.07) is 6.25. The van der Waals surface area contributed by atoms with E-state index in [2.05, 4.69) is 10.6 Å². The molecular weight excluding hydrogens is 365 g/mol. The monoisotopic (exact) mass is 381 g/mol. The molecule has 132 valence electrons. The van der Waals surface area contributed by atoms with Crippen molar-refractivity contribution in [3.63, 3.8) is 0 Å². The number of amides is 3. The summed E-state index contributed by atoms with van der Waals surface area (Å²) in [5.74, 6) is -0.0487. The fourth-order valence-corrected chi connectivity index (χ4v) is 3.02. The van der Waals surface area contributed by atoms with Crippen LogP contribution in [-0.4, -0.2) is 36.0 Å². The molecule has 0 bridgehead atoms. The molecule has 3 rings (SSSR count). The molecule has 0 aliphatic carbocycles. The average molecular weight is 382 g/mol. The fourth-order valence-electron chi connectivity index (χ4n) is 2.72. The number of anilines is 1. The number of nitrogens with one attached hydrogen (secondary N) is 2. The van der Waals surface area contributed by atoms with Crippen LogP contribution < -0.4 is 10.6 Å². The van der Waals surface area contributed by atoms with Crippen molar-refractivity contribution in [2.45, 2.75) is 18.9 Å². The molecule has 1 saturated heterocycles. The molecule has 8 heteroatoms. The SMILES string of the molecule is O=C(Nc1ccc(Cl)c(Cl)c1)NC1CCN(C(=O)c2ccoc2)CC1. The molecule has 1 aromatic carbocycles. The van der Waals surface area contributed by atoms with E-state index in [-0.39, 0.29) is 18.0 Å². The van der Waals surface area contributed by atoms with Gasteiger partial charge in [0.2, 0.25) is 0 Å². The zero-order valence-corrected chi connectivity index (χ0v) is 14.8. The van der Waals surface area contributed by atoms with Crippen molar-refractivity contribution in [3.8, 4) is 0 Å². The van der Waals surface area contributed by atoms with Gasteiger partial charge in [-0.05, 0) is 37.1 Å². The Morgan fingerprint density at radius 3 is 2.52 bits per heavy atom. The van der Waals surface area contributed by atoms with Crippen LogP contribution in [0.3, 0.4) is 0 Å². The van der Waals surface area contributed by atoms with E-state index in [1.165, 1.54) is 12.5 Å². The molecule has 2 N–H and O–H groups in total. The van der Waals surface area contributed by atoms with Crippen molar-refractivity contribution in [3.05, 3.63) is 52.4 Å². The third-order valence-electron chi connectivity index (χ3n) is 4.06. The van der Waals surface area contributed by atoms with Gasteiger partial charge in [0.15, 0.2) is 0 Å². The molecule has 1 aliphatic rings. The van der Waals surface area contributed by atoms with Gasteiger partial charge in [0, 0.05) is 24.8 Å². The summed E-state index contributed by atoms with van der Waals surface area (Å²) >= 11 is 11.8. The Morgan fingerprint density at radius 2 is 1.88 bits per heavy atom. The van der Waals surface area contributed by atoms with Crippen molar-refractivity contribution in [1.82, 2.24) is 10.2 Å². The van der Waals surface area contributed by atoms with Crippen LogP contribution in [-0.2, 0) is 0 Å². The van der Waals surface area contributed by atoms with Crippen LogP contribution in [0.1, 0.15) is 23.2 Å². The first-order chi connectivity index (χ1) is 12.0. The minimum atomic E-state index is -0.307. The smallest absolute Gasteiger partial charge is 0.319 e. The lowest BCUT2D eigenvalue weighted by Gasteiger charge is -2.32. The molecule has 0 atom stereocenters. The van der Waals surface area contributed by atoms with Crippen LogP contribution in [0, 0.1) is 0 Å². The summed E-state index contributed by atoms with van der Waals surface area (Å²) in [4.78, 5) is 26.1. The maximum Gasteiger partial charge on any atom is 0.319 e. The van der Waals surface area contributed by atoms with Crippen molar-refractivity contribution in [1.29, 1.82) is 0 Å². The molecule has 0 spiro atoms. The molecule has 25 heavy (non-hydrogen) atoms. The Balaban J connectivity index is 1.47. The molecule has 2 aromatic rings. The van der Waals surface area contributed by atoms with Crippen LogP contribution in [0.5, 0.6) is 0 Å². The zero-order chi connectivity index (χ0) is 17.8. The highest BCUT2D eigenvalue weighted by atomic mass is 35.5. The van der Waals surface area contributed by atoms with Crippen LogP contribution in [0.2, 0.25) is 10.0 Å². The number of benzene rings is 1. The van der Waals surface area contributed by atoms with Gasteiger partial charge in [-0.3, -0.25) is 4.79 Å². The van der Waals surface area contributed by atoms with Gasteiger partial charge in [0.1, 0.15) is 6.26 Å². The predicted molar refractivity (Wildman–Crippen MR) is 96.2 cm³/mol. The normalized spacial score (nSPS) is 15.0. The van der Waals surface area contributed by atoms with Crippen LogP contribution in [0.25, 0.3) is 0 Å². The van der Waals surface area contributed by atoms with E-state index >= 15 is 0 Å². The van der Waals surface area contributed by atoms with Gasteiger partial charge in [0.25, 0.3) is 5.91 Å². The van der Waals surface area contributed by atoms with Crippen molar-refractivity contribution >= 4 is 40.8 Å². The number of nitrogens with zero attached hydrogens (tertiary/aromatic N) is 1. The van der Waals surface area contributed by atoms with Gasteiger partial charge >= 0.3 is 6.03 Å². The number of rotatable bonds is 3.